The predicted molar refractivity (Wildman–Crippen MR) is 83.2 cm³/mol. The predicted octanol–water partition coefficient (Wildman–Crippen LogP) is 4.13. The van der Waals surface area contributed by atoms with E-state index in [4.69, 9.17) is 23.2 Å². The van der Waals surface area contributed by atoms with E-state index in [1.54, 1.807) is 36.4 Å². The first-order valence-electron chi connectivity index (χ1n) is 5.83. The van der Waals surface area contributed by atoms with Crippen LogP contribution in [-0.4, -0.2) is 15.5 Å². The molecule has 20 heavy (non-hydrogen) atoms. The molecule has 2 aromatic carbocycles. The van der Waals surface area contributed by atoms with E-state index in [0.29, 0.717) is 10.7 Å². The molecular formula is C14H13Cl2NO2S. The molecule has 2 aromatic rings. The molecule has 0 heterocycles. The second kappa shape index (κ2) is 5.64. The largest absolute Gasteiger partial charge is 0.268 e. The van der Waals surface area contributed by atoms with E-state index < -0.39 is 10.0 Å². The number of rotatable bonds is 3. The summed E-state index contributed by atoms with van der Waals surface area (Å²) in [4.78, 5) is 0.219. The van der Waals surface area contributed by atoms with Crippen molar-refractivity contribution in [2.24, 2.45) is 0 Å². The Labute approximate surface area is 128 Å². The number of hydrogen-bond donors (Lipinski definition) is 0. The summed E-state index contributed by atoms with van der Waals surface area (Å²) in [5.74, 6) is 0. The Kier molecular flexibility index (Phi) is 4.28. The fourth-order valence-electron chi connectivity index (χ4n) is 1.73. The van der Waals surface area contributed by atoms with E-state index in [-0.39, 0.29) is 9.92 Å². The molecule has 0 spiro atoms. The van der Waals surface area contributed by atoms with Gasteiger partial charge in [-0.05, 0) is 37.3 Å². The van der Waals surface area contributed by atoms with Crippen molar-refractivity contribution in [3.05, 3.63) is 58.1 Å². The Bertz CT molecular complexity index is 727. The number of hydrogen-bond acceptors (Lipinski definition) is 2. The Morgan fingerprint density at radius 3 is 2.15 bits per heavy atom. The minimum atomic E-state index is -3.64. The normalized spacial score (nSPS) is 11.4. The average molecular weight is 330 g/mol. The highest BCUT2D eigenvalue weighted by Crippen LogP contribution is 2.31. The lowest BCUT2D eigenvalue weighted by Gasteiger charge is -2.20. The van der Waals surface area contributed by atoms with Gasteiger partial charge in [-0.2, -0.15) is 0 Å². The summed E-state index contributed by atoms with van der Waals surface area (Å²) >= 11 is 11.9. The van der Waals surface area contributed by atoms with Crippen molar-refractivity contribution in [3.63, 3.8) is 0 Å². The third-order valence-electron chi connectivity index (χ3n) is 2.93. The highest BCUT2D eigenvalue weighted by Gasteiger charge is 2.22. The molecule has 0 atom stereocenters. The summed E-state index contributed by atoms with van der Waals surface area (Å²) in [5, 5.41) is 0.746. The van der Waals surface area contributed by atoms with Crippen LogP contribution in [0.15, 0.2) is 47.4 Å². The highest BCUT2D eigenvalue weighted by atomic mass is 35.5. The summed E-state index contributed by atoms with van der Waals surface area (Å²) in [6, 6.07) is 11.4. The van der Waals surface area contributed by atoms with Crippen LogP contribution in [0.25, 0.3) is 0 Å². The lowest BCUT2D eigenvalue weighted by atomic mass is 10.2. The van der Waals surface area contributed by atoms with Gasteiger partial charge in [0.2, 0.25) is 0 Å². The van der Waals surface area contributed by atoms with Crippen LogP contribution in [0.5, 0.6) is 0 Å². The van der Waals surface area contributed by atoms with Crippen molar-refractivity contribution in [2.75, 3.05) is 11.4 Å². The van der Waals surface area contributed by atoms with Gasteiger partial charge in [0.1, 0.15) is 0 Å². The number of halogens is 2. The highest BCUT2D eigenvalue weighted by molar-refractivity contribution is 7.92. The third kappa shape index (κ3) is 2.92. The van der Waals surface area contributed by atoms with Crippen molar-refractivity contribution in [3.8, 4) is 0 Å². The lowest BCUT2D eigenvalue weighted by Crippen LogP contribution is -2.26. The van der Waals surface area contributed by atoms with E-state index in [1.807, 2.05) is 6.92 Å². The van der Waals surface area contributed by atoms with E-state index in [1.165, 1.54) is 13.1 Å². The van der Waals surface area contributed by atoms with Crippen LogP contribution in [-0.2, 0) is 10.0 Å². The first-order valence-corrected chi connectivity index (χ1v) is 8.02. The maximum absolute atomic E-state index is 12.5. The Morgan fingerprint density at radius 2 is 1.60 bits per heavy atom. The zero-order valence-electron chi connectivity index (χ0n) is 11.0. The molecule has 106 valence electrons. The van der Waals surface area contributed by atoms with Crippen molar-refractivity contribution < 1.29 is 8.42 Å². The quantitative estimate of drug-likeness (QED) is 0.849. The molecular weight excluding hydrogens is 317 g/mol. The van der Waals surface area contributed by atoms with Gasteiger partial charge in [-0.25, -0.2) is 8.42 Å². The maximum atomic E-state index is 12.5. The zero-order chi connectivity index (χ0) is 14.9. The molecule has 6 heteroatoms. The summed E-state index contributed by atoms with van der Waals surface area (Å²) in [5.41, 5.74) is 1.38. The molecule has 0 aliphatic heterocycles. The van der Waals surface area contributed by atoms with Gasteiger partial charge in [-0.3, -0.25) is 4.31 Å². The van der Waals surface area contributed by atoms with E-state index in [9.17, 15) is 8.42 Å². The number of anilines is 1. The average Bonchev–Trinajstić information content (AvgIpc) is 2.38. The molecule has 0 unspecified atom stereocenters. The topological polar surface area (TPSA) is 37.4 Å². The molecule has 0 fully saturated rings. The fraction of sp³-hybridized carbons (Fsp3) is 0.143. The Hall–Kier alpha value is -1.23. The van der Waals surface area contributed by atoms with Gasteiger partial charge in [0.25, 0.3) is 10.0 Å². The minimum absolute atomic E-state index is 0.219. The van der Waals surface area contributed by atoms with E-state index in [2.05, 4.69) is 0 Å². The van der Waals surface area contributed by atoms with Crippen LogP contribution in [0, 0.1) is 6.92 Å². The molecule has 2 rings (SSSR count). The molecule has 0 bridgehead atoms. The summed E-state index contributed by atoms with van der Waals surface area (Å²) in [6.45, 7) is 1.90. The second-order valence-corrected chi connectivity index (χ2v) is 7.19. The monoisotopic (exact) mass is 329 g/mol. The Morgan fingerprint density at radius 1 is 1.00 bits per heavy atom. The van der Waals surface area contributed by atoms with Gasteiger partial charge in [-0.1, -0.05) is 40.9 Å². The molecule has 0 radical (unpaired) electrons. The van der Waals surface area contributed by atoms with E-state index >= 15 is 0 Å². The zero-order valence-corrected chi connectivity index (χ0v) is 13.3. The second-order valence-electron chi connectivity index (χ2n) is 4.38. The minimum Gasteiger partial charge on any atom is -0.268 e. The third-order valence-corrected chi connectivity index (χ3v) is 5.25. The molecule has 0 N–H and O–H groups in total. The van der Waals surface area contributed by atoms with Crippen LogP contribution < -0.4 is 4.31 Å². The van der Waals surface area contributed by atoms with Crippen LogP contribution in [0.3, 0.4) is 0 Å². The van der Waals surface area contributed by atoms with Gasteiger partial charge >= 0.3 is 0 Å². The summed E-state index contributed by atoms with van der Waals surface area (Å²) in [6.07, 6.45) is 0. The van der Waals surface area contributed by atoms with Crippen molar-refractivity contribution in [1.29, 1.82) is 0 Å². The summed E-state index contributed by atoms with van der Waals surface area (Å²) in [7, 11) is -2.18. The van der Waals surface area contributed by atoms with Crippen LogP contribution in [0.2, 0.25) is 10.0 Å². The molecule has 0 aliphatic rings. The van der Waals surface area contributed by atoms with Gasteiger partial charge in [0.15, 0.2) is 0 Å². The van der Waals surface area contributed by atoms with Crippen LogP contribution in [0.4, 0.5) is 5.69 Å². The summed E-state index contributed by atoms with van der Waals surface area (Å²) < 4.78 is 26.2. The maximum Gasteiger partial charge on any atom is 0.264 e. The fourth-order valence-corrected chi connectivity index (χ4v) is 3.53. The molecule has 0 saturated carbocycles. The molecule has 0 aromatic heterocycles. The molecule has 0 amide bonds. The molecule has 0 saturated heterocycles. The van der Waals surface area contributed by atoms with Crippen molar-refractivity contribution >= 4 is 38.9 Å². The number of benzene rings is 2. The smallest absolute Gasteiger partial charge is 0.264 e. The van der Waals surface area contributed by atoms with Crippen LogP contribution in [0.1, 0.15) is 5.56 Å². The van der Waals surface area contributed by atoms with Crippen LogP contribution >= 0.6 is 23.2 Å². The molecule has 0 aliphatic carbocycles. The first kappa shape index (κ1) is 15.2. The van der Waals surface area contributed by atoms with Gasteiger partial charge < -0.3 is 0 Å². The number of sulfonamides is 1. The lowest BCUT2D eigenvalue weighted by molar-refractivity contribution is 0.594. The standard InChI is InChI=1S/C14H13Cl2NO2S/c1-10-3-6-12(7-4-10)20(18,19)17(2)14-8-5-11(15)9-13(14)16/h3-9H,1-2H3. The number of aryl methyl sites for hydroxylation is 1. The van der Waals surface area contributed by atoms with Gasteiger partial charge in [0, 0.05) is 12.1 Å². The number of nitrogens with zero attached hydrogens (tertiary/aromatic N) is 1. The SMILES string of the molecule is Cc1ccc(S(=O)(=O)N(C)c2ccc(Cl)cc2Cl)cc1. The molecule has 3 nitrogen and oxygen atoms in total. The van der Waals surface area contributed by atoms with Gasteiger partial charge in [0.05, 0.1) is 15.6 Å². The van der Waals surface area contributed by atoms with E-state index in [0.717, 1.165) is 9.87 Å². The van der Waals surface area contributed by atoms with Crippen molar-refractivity contribution in [2.45, 2.75) is 11.8 Å². The first-order chi connectivity index (χ1) is 9.32. The van der Waals surface area contributed by atoms with Gasteiger partial charge in [-0.15, -0.1) is 0 Å². The Balaban J connectivity index is 2.45. The van der Waals surface area contributed by atoms with Crippen molar-refractivity contribution in [1.82, 2.24) is 0 Å².